The largest absolute Gasteiger partial charge is 0.260 e. The van der Waals surface area contributed by atoms with Crippen LogP contribution in [0.1, 0.15) is 11.3 Å². The maximum absolute atomic E-state index is 12.3. The Morgan fingerprint density at radius 1 is 1.27 bits per heavy atom. The van der Waals surface area contributed by atoms with Crippen LogP contribution in [-0.2, 0) is 17.3 Å². The van der Waals surface area contributed by atoms with E-state index in [1.54, 1.807) is 0 Å². The first-order valence-electron chi connectivity index (χ1n) is 7.07. The van der Waals surface area contributed by atoms with E-state index < -0.39 is 10.8 Å². The molecular weight excluding hydrogens is 318 g/mol. The second-order valence-corrected chi connectivity index (χ2v) is 7.51. The van der Waals surface area contributed by atoms with Crippen molar-refractivity contribution in [2.75, 3.05) is 5.75 Å². The Balaban J connectivity index is 2.09. The van der Waals surface area contributed by atoms with Crippen molar-refractivity contribution in [2.45, 2.75) is 25.3 Å². The van der Waals surface area contributed by atoms with Crippen molar-refractivity contribution >= 4 is 33.4 Å². The van der Waals surface area contributed by atoms with Crippen LogP contribution in [0.3, 0.4) is 0 Å². The molecule has 0 N–H and O–H groups in total. The lowest BCUT2D eigenvalue weighted by atomic mass is 10.1. The van der Waals surface area contributed by atoms with E-state index in [2.05, 4.69) is 4.98 Å². The Bertz CT molecular complexity index is 948. The van der Waals surface area contributed by atoms with Crippen molar-refractivity contribution in [3.05, 3.63) is 40.5 Å². The van der Waals surface area contributed by atoms with Crippen molar-refractivity contribution in [1.29, 1.82) is 0 Å². The number of hydrogen-bond donors (Lipinski definition) is 0. The predicted octanol–water partition coefficient (Wildman–Crippen LogP) is 3.49. The summed E-state index contributed by atoms with van der Waals surface area (Å²) in [5.41, 5.74) is 5.25. The average molecular weight is 332 g/mol. The lowest BCUT2D eigenvalue weighted by Gasteiger charge is -2.13. The van der Waals surface area contributed by atoms with Gasteiger partial charge in [-0.3, -0.25) is 8.89 Å². The molecule has 1 aliphatic rings. The summed E-state index contributed by atoms with van der Waals surface area (Å²) in [6, 6.07) is 7.81. The number of pyridine rings is 1. The van der Waals surface area contributed by atoms with Gasteiger partial charge in [0.25, 0.3) is 0 Å². The molecule has 3 heterocycles. The zero-order valence-electron chi connectivity index (χ0n) is 12.3. The lowest BCUT2D eigenvalue weighted by molar-refractivity contribution is 0.644. The Morgan fingerprint density at radius 2 is 2.09 bits per heavy atom. The van der Waals surface area contributed by atoms with E-state index in [0.717, 1.165) is 38.4 Å². The number of aryl methyl sites for hydroxylation is 3. The Morgan fingerprint density at radius 3 is 2.86 bits per heavy atom. The summed E-state index contributed by atoms with van der Waals surface area (Å²) in [4.78, 5) is 5.47. The van der Waals surface area contributed by atoms with Crippen molar-refractivity contribution in [2.24, 2.45) is 0 Å². The first-order valence-corrected chi connectivity index (χ1v) is 8.77. The van der Waals surface area contributed by atoms with Crippen LogP contribution in [0.15, 0.2) is 29.2 Å². The fourth-order valence-electron chi connectivity index (χ4n) is 2.88. The number of hydrogen-bond acceptors (Lipinski definition) is 3. The first kappa shape index (κ1) is 13.9. The number of aromatic nitrogens is 3. The van der Waals surface area contributed by atoms with Gasteiger partial charge in [-0.2, -0.15) is 5.10 Å². The summed E-state index contributed by atoms with van der Waals surface area (Å²) < 4.78 is 14.2. The maximum atomic E-state index is 12.3. The molecular formula is C16H14ClN3OS. The van der Waals surface area contributed by atoms with Crippen LogP contribution in [0.2, 0.25) is 5.02 Å². The van der Waals surface area contributed by atoms with Gasteiger partial charge in [0.2, 0.25) is 0 Å². The molecule has 0 saturated carbocycles. The van der Waals surface area contributed by atoms with Gasteiger partial charge in [-0.05, 0) is 31.5 Å². The number of halogens is 1. The summed E-state index contributed by atoms with van der Waals surface area (Å²) in [7, 11) is -0.985. The Kier molecular flexibility index (Phi) is 3.09. The Hall–Kier alpha value is -1.72. The van der Waals surface area contributed by atoms with E-state index in [1.165, 1.54) is 0 Å². The van der Waals surface area contributed by atoms with Crippen molar-refractivity contribution < 1.29 is 4.21 Å². The minimum Gasteiger partial charge on any atom is -0.260 e. The average Bonchev–Trinajstić information content (AvgIpc) is 2.82. The van der Waals surface area contributed by atoms with Gasteiger partial charge in [0.15, 0.2) is 0 Å². The lowest BCUT2D eigenvalue weighted by Crippen LogP contribution is -2.16. The molecule has 0 spiro atoms. The predicted molar refractivity (Wildman–Crippen MR) is 88.7 cm³/mol. The van der Waals surface area contributed by atoms with Crippen LogP contribution in [0.5, 0.6) is 0 Å². The summed E-state index contributed by atoms with van der Waals surface area (Å²) >= 11 is 6.40. The van der Waals surface area contributed by atoms with E-state index in [1.807, 2.05) is 42.8 Å². The molecule has 0 saturated heterocycles. The van der Waals surface area contributed by atoms with E-state index in [9.17, 15) is 4.21 Å². The molecule has 0 fully saturated rings. The quantitative estimate of drug-likeness (QED) is 0.685. The zero-order valence-corrected chi connectivity index (χ0v) is 13.8. The van der Waals surface area contributed by atoms with Crippen molar-refractivity contribution in [1.82, 2.24) is 14.8 Å². The molecule has 0 aliphatic carbocycles. The van der Waals surface area contributed by atoms with Crippen molar-refractivity contribution in [3.63, 3.8) is 0 Å². The zero-order chi connectivity index (χ0) is 15.4. The third kappa shape index (κ3) is 2.00. The van der Waals surface area contributed by atoms with Gasteiger partial charge >= 0.3 is 0 Å². The molecule has 1 unspecified atom stereocenters. The van der Waals surface area contributed by atoms with E-state index >= 15 is 0 Å². The summed E-state index contributed by atoms with van der Waals surface area (Å²) in [6.45, 7) is 4.56. The van der Waals surface area contributed by atoms with Gasteiger partial charge in [-0.25, -0.2) is 4.98 Å². The minimum atomic E-state index is -0.985. The first-order chi connectivity index (χ1) is 10.5. The Labute approximate surface area is 135 Å². The number of rotatable bonds is 1. The molecule has 1 aromatic carbocycles. The molecule has 6 heteroatoms. The molecule has 0 bridgehead atoms. The van der Waals surface area contributed by atoms with Crippen LogP contribution in [0.4, 0.5) is 0 Å². The highest BCUT2D eigenvalue weighted by atomic mass is 35.5. The molecule has 0 radical (unpaired) electrons. The molecule has 1 aliphatic heterocycles. The molecule has 112 valence electrons. The van der Waals surface area contributed by atoms with Gasteiger partial charge in [0, 0.05) is 17.0 Å². The third-order valence-electron chi connectivity index (χ3n) is 3.90. The van der Waals surface area contributed by atoms with Gasteiger partial charge in [-0.1, -0.05) is 23.7 Å². The standard InChI is InChI=1S/C16H14ClN3OS/c1-9-3-4-11(12(17)7-9)14-15-16-13(8-10(2)18-15)22(21)6-5-20(16)19-14/h3-4,7-8H,5-6H2,1-2H3. The smallest absolute Gasteiger partial charge is 0.120 e. The van der Waals surface area contributed by atoms with Gasteiger partial charge in [0.05, 0.1) is 27.3 Å². The van der Waals surface area contributed by atoms with E-state index in [4.69, 9.17) is 16.7 Å². The molecule has 3 aromatic rings. The number of nitrogens with zero attached hydrogens (tertiary/aromatic N) is 3. The van der Waals surface area contributed by atoms with Crippen LogP contribution in [-0.4, -0.2) is 24.7 Å². The minimum absolute atomic E-state index is 0.592. The molecule has 4 nitrogen and oxygen atoms in total. The van der Waals surface area contributed by atoms with Crippen molar-refractivity contribution in [3.8, 4) is 11.3 Å². The third-order valence-corrected chi connectivity index (χ3v) is 5.57. The van der Waals surface area contributed by atoms with Crippen LogP contribution in [0.25, 0.3) is 22.3 Å². The highest BCUT2D eigenvalue weighted by Gasteiger charge is 2.25. The molecule has 2 aromatic heterocycles. The van der Waals surface area contributed by atoms with Crippen LogP contribution >= 0.6 is 11.6 Å². The monoisotopic (exact) mass is 331 g/mol. The second kappa shape index (κ2) is 4.89. The fraction of sp³-hybridized carbons (Fsp3) is 0.250. The van der Waals surface area contributed by atoms with Crippen LogP contribution < -0.4 is 0 Å². The summed E-state index contributed by atoms with van der Waals surface area (Å²) in [5.74, 6) is 0.592. The fourth-order valence-corrected chi connectivity index (χ4v) is 4.48. The highest BCUT2D eigenvalue weighted by Crippen LogP contribution is 2.36. The molecule has 4 rings (SSSR count). The van der Waals surface area contributed by atoms with Gasteiger partial charge in [-0.15, -0.1) is 0 Å². The van der Waals surface area contributed by atoms with Crippen LogP contribution in [0, 0.1) is 13.8 Å². The molecule has 1 atom stereocenters. The van der Waals surface area contributed by atoms with E-state index in [-0.39, 0.29) is 0 Å². The molecule has 22 heavy (non-hydrogen) atoms. The maximum Gasteiger partial charge on any atom is 0.120 e. The van der Waals surface area contributed by atoms with Gasteiger partial charge < -0.3 is 0 Å². The molecule has 0 amide bonds. The normalized spacial score (nSPS) is 17.1. The highest BCUT2D eigenvalue weighted by molar-refractivity contribution is 7.85. The SMILES string of the molecule is Cc1ccc(-c2nn3c4c(cc(C)nc24)S(=O)CC3)c(Cl)c1. The second-order valence-electron chi connectivity index (χ2n) is 5.56. The number of benzene rings is 1. The van der Waals surface area contributed by atoms with E-state index in [0.29, 0.717) is 17.3 Å². The topological polar surface area (TPSA) is 47.8 Å². The van der Waals surface area contributed by atoms with Gasteiger partial charge in [0.1, 0.15) is 16.7 Å². The summed E-state index contributed by atoms with van der Waals surface area (Å²) in [6.07, 6.45) is 0. The summed E-state index contributed by atoms with van der Waals surface area (Å²) in [5, 5.41) is 5.36.